The van der Waals surface area contributed by atoms with Gasteiger partial charge in [0.25, 0.3) is 0 Å². The number of nitrogens with zero attached hydrogens (tertiary/aromatic N) is 3. The number of carbonyl (C=O) groups is 2. The van der Waals surface area contributed by atoms with Gasteiger partial charge in [0.2, 0.25) is 11.2 Å². The molecule has 96 valence electrons. The number of amides is 1. The van der Waals surface area contributed by atoms with Gasteiger partial charge in [-0.05, 0) is 11.6 Å². The molecule has 1 aromatic heterocycles. The van der Waals surface area contributed by atoms with Gasteiger partial charge in [0.1, 0.15) is 5.02 Å². The van der Waals surface area contributed by atoms with Crippen LogP contribution < -0.4 is 4.90 Å². The maximum Gasteiger partial charge on any atom is 0.311 e. The molecule has 18 heavy (non-hydrogen) atoms. The second-order valence-electron chi connectivity index (χ2n) is 3.74. The van der Waals surface area contributed by atoms with Gasteiger partial charge >= 0.3 is 5.97 Å². The molecule has 1 aliphatic heterocycles. The number of aromatic nitrogens is 2. The highest BCUT2D eigenvalue weighted by atomic mass is 35.5. The molecule has 0 bridgehead atoms. The van der Waals surface area contributed by atoms with Gasteiger partial charge in [-0.25, -0.2) is 4.98 Å². The molecule has 0 N–H and O–H groups in total. The predicted molar refractivity (Wildman–Crippen MR) is 64.5 cm³/mol. The fraction of sp³-hybridized carbons (Fsp3) is 0.400. The largest absolute Gasteiger partial charge is 0.469 e. The summed E-state index contributed by atoms with van der Waals surface area (Å²) in [5, 5.41) is 0.196. The number of halogens is 2. The van der Waals surface area contributed by atoms with Crippen LogP contribution in [0.15, 0.2) is 6.20 Å². The van der Waals surface area contributed by atoms with Crippen molar-refractivity contribution < 1.29 is 14.3 Å². The average molecular weight is 290 g/mol. The minimum Gasteiger partial charge on any atom is -0.469 e. The molecule has 1 aliphatic rings. The summed E-state index contributed by atoms with van der Waals surface area (Å²) in [7, 11) is 1.28. The van der Waals surface area contributed by atoms with E-state index in [0.29, 0.717) is 0 Å². The monoisotopic (exact) mass is 289 g/mol. The van der Waals surface area contributed by atoms with Crippen molar-refractivity contribution in [3.63, 3.8) is 0 Å². The molecular formula is C10H9Cl2N3O3. The minimum absolute atomic E-state index is 0.0104. The lowest BCUT2D eigenvalue weighted by Gasteiger charge is -2.16. The quantitative estimate of drug-likeness (QED) is 0.606. The molecule has 0 radical (unpaired) electrons. The second-order valence-corrected chi connectivity index (χ2v) is 4.48. The molecule has 1 aromatic rings. The highest BCUT2D eigenvalue weighted by Gasteiger charge is 2.37. The van der Waals surface area contributed by atoms with Gasteiger partial charge < -0.3 is 4.74 Å². The summed E-state index contributed by atoms with van der Waals surface area (Å²) in [6.07, 6.45) is 1.38. The van der Waals surface area contributed by atoms with Crippen LogP contribution in [-0.2, 0) is 14.3 Å². The molecule has 1 fully saturated rings. The number of carbonyl (C=O) groups excluding carboxylic acids is 2. The van der Waals surface area contributed by atoms with Crippen LogP contribution in [0.25, 0.3) is 0 Å². The van der Waals surface area contributed by atoms with Crippen LogP contribution in [0.2, 0.25) is 10.3 Å². The van der Waals surface area contributed by atoms with Crippen molar-refractivity contribution in [2.45, 2.75) is 6.42 Å². The Morgan fingerprint density at radius 2 is 2.28 bits per heavy atom. The average Bonchev–Trinajstić information content (AvgIpc) is 2.73. The molecule has 0 aromatic carbocycles. The van der Waals surface area contributed by atoms with Gasteiger partial charge in [-0.2, -0.15) is 4.98 Å². The summed E-state index contributed by atoms with van der Waals surface area (Å²) in [5.74, 6) is -0.968. The highest BCUT2D eigenvalue weighted by molar-refractivity contribution is 6.34. The number of hydrogen-bond acceptors (Lipinski definition) is 5. The topological polar surface area (TPSA) is 72.4 Å². The lowest BCUT2D eigenvalue weighted by Crippen LogP contribution is -2.27. The fourth-order valence-corrected chi connectivity index (χ4v) is 2.09. The van der Waals surface area contributed by atoms with E-state index in [-0.39, 0.29) is 35.0 Å². The van der Waals surface area contributed by atoms with Crippen molar-refractivity contribution in [1.82, 2.24) is 9.97 Å². The number of rotatable bonds is 2. The number of esters is 1. The Morgan fingerprint density at radius 1 is 1.56 bits per heavy atom. The lowest BCUT2D eigenvalue weighted by molar-refractivity contribution is -0.145. The van der Waals surface area contributed by atoms with E-state index in [0.717, 1.165) is 0 Å². The molecule has 1 saturated heterocycles. The summed E-state index contributed by atoms with van der Waals surface area (Å²) in [4.78, 5) is 32.1. The smallest absolute Gasteiger partial charge is 0.311 e. The zero-order valence-electron chi connectivity index (χ0n) is 9.39. The molecule has 0 aliphatic carbocycles. The molecular weight excluding hydrogens is 281 g/mol. The normalized spacial score (nSPS) is 19.2. The van der Waals surface area contributed by atoms with Crippen LogP contribution in [0.5, 0.6) is 0 Å². The Morgan fingerprint density at radius 3 is 2.94 bits per heavy atom. The van der Waals surface area contributed by atoms with E-state index in [4.69, 9.17) is 23.2 Å². The number of hydrogen-bond donors (Lipinski definition) is 0. The van der Waals surface area contributed by atoms with E-state index in [1.54, 1.807) is 0 Å². The van der Waals surface area contributed by atoms with Crippen molar-refractivity contribution in [3.8, 4) is 0 Å². The van der Waals surface area contributed by atoms with E-state index in [1.807, 2.05) is 0 Å². The maximum absolute atomic E-state index is 11.8. The predicted octanol–water partition coefficient (Wildman–Crippen LogP) is 1.31. The van der Waals surface area contributed by atoms with E-state index in [1.165, 1.54) is 18.2 Å². The Balaban J connectivity index is 2.27. The van der Waals surface area contributed by atoms with E-state index < -0.39 is 11.9 Å². The van der Waals surface area contributed by atoms with Crippen molar-refractivity contribution in [2.24, 2.45) is 5.92 Å². The SMILES string of the molecule is COC(=O)C1CC(=O)N(c2nc(Cl)ncc2Cl)C1. The summed E-state index contributed by atoms with van der Waals surface area (Å²) in [5.41, 5.74) is 0. The van der Waals surface area contributed by atoms with E-state index in [9.17, 15) is 9.59 Å². The maximum atomic E-state index is 11.8. The number of ether oxygens (including phenoxy) is 1. The van der Waals surface area contributed by atoms with Gasteiger partial charge in [-0.3, -0.25) is 14.5 Å². The van der Waals surface area contributed by atoms with Crippen molar-refractivity contribution in [3.05, 3.63) is 16.5 Å². The van der Waals surface area contributed by atoms with Gasteiger partial charge in [-0.1, -0.05) is 11.6 Å². The van der Waals surface area contributed by atoms with Crippen LogP contribution in [0, 0.1) is 5.92 Å². The van der Waals surface area contributed by atoms with Crippen LogP contribution in [0.3, 0.4) is 0 Å². The third-order valence-corrected chi connectivity index (χ3v) is 3.06. The Kier molecular flexibility index (Phi) is 3.68. The molecule has 1 amide bonds. The van der Waals surface area contributed by atoms with Crippen LogP contribution in [0.4, 0.5) is 5.82 Å². The Labute approximate surface area is 113 Å². The van der Waals surface area contributed by atoms with Gasteiger partial charge in [-0.15, -0.1) is 0 Å². The van der Waals surface area contributed by atoms with E-state index >= 15 is 0 Å². The lowest BCUT2D eigenvalue weighted by atomic mass is 10.1. The van der Waals surface area contributed by atoms with Crippen LogP contribution in [0.1, 0.15) is 6.42 Å². The first-order valence-electron chi connectivity index (χ1n) is 5.09. The van der Waals surface area contributed by atoms with Gasteiger partial charge in [0.15, 0.2) is 5.82 Å². The van der Waals surface area contributed by atoms with E-state index in [2.05, 4.69) is 14.7 Å². The third kappa shape index (κ3) is 2.39. The first-order valence-corrected chi connectivity index (χ1v) is 5.84. The van der Waals surface area contributed by atoms with Crippen molar-refractivity contribution >= 4 is 40.9 Å². The minimum atomic E-state index is -0.507. The fourth-order valence-electron chi connectivity index (χ4n) is 1.76. The molecule has 1 unspecified atom stereocenters. The summed E-state index contributed by atoms with van der Waals surface area (Å²) in [6, 6.07) is 0. The standard InChI is InChI=1S/C10H9Cl2N3O3/c1-18-9(17)5-2-7(16)15(4-5)8-6(11)3-13-10(12)14-8/h3,5H,2,4H2,1H3. The number of methoxy groups -OCH3 is 1. The Bertz CT molecular complexity index is 509. The molecule has 2 rings (SSSR count). The molecule has 8 heteroatoms. The third-order valence-electron chi connectivity index (χ3n) is 2.61. The van der Waals surface area contributed by atoms with Crippen LogP contribution >= 0.6 is 23.2 Å². The van der Waals surface area contributed by atoms with Crippen molar-refractivity contribution in [1.29, 1.82) is 0 Å². The van der Waals surface area contributed by atoms with Crippen LogP contribution in [-0.4, -0.2) is 35.5 Å². The zero-order chi connectivity index (χ0) is 13.3. The summed E-state index contributed by atoms with van der Waals surface area (Å²) < 4.78 is 4.61. The van der Waals surface area contributed by atoms with Gasteiger partial charge in [0.05, 0.1) is 19.2 Å². The molecule has 1 atom stereocenters. The molecule has 2 heterocycles. The molecule has 0 saturated carbocycles. The van der Waals surface area contributed by atoms with Crippen molar-refractivity contribution in [2.75, 3.05) is 18.6 Å². The molecule has 0 spiro atoms. The highest BCUT2D eigenvalue weighted by Crippen LogP contribution is 2.30. The zero-order valence-corrected chi connectivity index (χ0v) is 10.9. The summed E-state index contributed by atoms with van der Waals surface area (Å²) in [6.45, 7) is 0.179. The Hall–Kier alpha value is -1.40. The second kappa shape index (κ2) is 5.07. The number of anilines is 1. The molecule has 6 nitrogen and oxygen atoms in total. The first-order chi connectivity index (χ1) is 8.52. The summed E-state index contributed by atoms with van der Waals surface area (Å²) >= 11 is 11.6. The van der Waals surface area contributed by atoms with Gasteiger partial charge in [0, 0.05) is 13.0 Å². The first kappa shape index (κ1) is 13.0.